The summed E-state index contributed by atoms with van der Waals surface area (Å²) < 4.78 is 1.99. The minimum absolute atomic E-state index is 0.291. The molecule has 2 unspecified atom stereocenters. The van der Waals surface area contributed by atoms with Crippen molar-refractivity contribution in [2.45, 2.75) is 57.9 Å². The lowest BCUT2D eigenvalue weighted by atomic mass is 10.2. The predicted molar refractivity (Wildman–Crippen MR) is 79.6 cm³/mol. The fraction of sp³-hybridized carbons (Fsp3) is 0.769. The van der Waals surface area contributed by atoms with E-state index in [4.69, 9.17) is 5.84 Å². The van der Waals surface area contributed by atoms with E-state index in [1.807, 2.05) is 22.6 Å². The summed E-state index contributed by atoms with van der Waals surface area (Å²) >= 11 is 1.96. The summed E-state index contributed by atoms with van der Waals surface area (Å²) in [5, 5.41) is 5.25. The molecule has 1 aromatic heterocycles. The van der Waals surface area contributed by atoms with E-state index < -0.39 is 0 Å². The molecule has 0 amide bonds. The molecule has 2 atom stereocenters. The SMILES string of the molecule is CCC(C)SCC(Cc1ccn(C(C)C)n1)NN. The maximum absolute atomic E-state index is 5.62. The fourth-order valence-electron chi connectivity index (χ4n) is 1.59. The molecule has 0 saturated heterocycles. The van der Waals surface area contributed by atoms with Crippen LogP contribution in [0.2, 0.25) is 0 Å². The molecule has 0 radical (unpaired) electrons. The Bertz CT molecular complexity index is 337. The van der Waals surface area contributed by atoms with Gasteiger partial charge >= 0.3 is 0 Å². The Balaban J connectivity index is 2.46. The average molecular weight is 270 g/mol. The molecule has 0 bridgehead atoms. The van der Waals surface area contributed by atoms with Gasteiger partial charge < -0.3 is 0 Å². The number of nitrogens with zero attached hydrogens (tertiary/aromatic N) is 2. The highest BCUT2D eigenvalue weighted by Gasteiger charge is 2.12. The molecule has 0 aliphatic carbocycles. The van der Waals surface area contributed by atoms with Crippen molar-refractivity contribution < 1.29 is 0 Å². The smallest absolute Gasteiger partial charge is 0.0641 e. The van der Waals surface area contributed by atoms with Gasteiger partial charge in [-0.1, -0.05) is 13.8 Å². The molecule has 5 heteroatoms. The van der Waals surface area contributed by atoms with Gasteiger partial charge in [0, 0.05) is 35.7 Å². The van der Waals surface area contributed by atoms with Crippen molar-refractivity contribution >= 4 is 11.8 Å². The molecular formula is C13H26N4S. The van der Waals surface area contributed by atoms with Crippen LogP contribution in [0, 0.1) is 0 Å². The van der Waals surface area contributed by atoms with Crippen LogP contribution in [0.25, 0.3) is 0 Å². The monoisotopic (exact) mass is 270 g/mol. The van der Waals surface area contributed by atoms with Gasteiger partial charge in [-0.2, -0.15) is 16.9 Å². The maximum Gasteiger partial charge on any atom is 0.0641 e. The second-order valence-electron chi connectivity index (χ2n) is 5.00. The number of rotatable bonds is 8. The zero-order valence-corrected chi connectivity index (χ0v) is 12.7. The molecular weight excluding hydrogens is 244 g/mol. The van der Waals surface area contributed by atoms with Crippen molar-refractivity contribution in [3.63, 3.8) is 0 Å². The second-order valence-corrected chi connectivity index (χ2v) is 6.47. The van der Waals surface area contributed by atoms with E-state index in [1.54, 1.807) is 0 Å². The summed E-state index contributed by atoms with van der Waals surface area (Å²) in [6.07, 6.45) is 4.12. The highest BCUT2D eigenvalue weighted by atomic mass is 32.2. The van der Waals surface area contributed by atoms with Crippen molar-refractivity contribution in [2.24, 2.45) is 5.84 Å². The Labute approximate surface area is 115 Å². The van der Waals surface area contributed by atoms with Gasteiger partial charge in [0.25, 0.3) is 0 Å². The number of nitrogens with one attached hydrogen (secondary N) is 1. The lowest BCUT2D eigenvalue weighted by Gasteiger charge is -2.16. The van der Waals surface area contributed by atoms with Gasteiger partial charge in [0.2, 0.25) is 0 Å². The van der Waals surface area contributed by atoms with Crippen LogP contribution in [-0.4, -0.2) is 26.8 Å². The summed E-state index contributed by atoms with van der Waals surface area (Å²) in [7, 11) is 0. The first-order valence-corrected chi connectivity index (χ1v) is 7.73. The molecule has 0 spiro atoms. The average Bonchev–Trinajstić information content (AvgIpc) is 2.82. The standard InChI is InChI=1S/C13H26N4S/c1-5-11(4)18-9-13(15-14)8-12-6-7-17(16-12)10(2)3/h6-7,10-11,13,15H,5,8-9,14H2,1-4H3. The third-order valence-electron chi connectivity index (χ3n) is 3.04. The lowest BCUT2D eigenvalue weighted by molar-refractivity contribution is 0.513. The van der Waals surface area contributed by atoms with E-state index in [-0.39, 0.29) is 0 Å². The third-order valence-corrected chi connectivity index (χ3v) is 4.54. The predicted octanol–water partition coefficient (Wildman–Crippen LogP) is 2.37. The van der Waals surface area contributed by atoms with Crippen LogP contribution in [0.15, 0.2) is 12.3 Å². The summed E-state index contributed by atoms with van der Waals surface area (Å²) in [5.41, 5.74) is 4.01. The van der Waals surface area contributed by atoms with Gasteiger partial charge in [-0.15, -0.1) is 0 Å². The van der Waals surface area contributed by atoms with Gasteiger partial charge in [-0.25, -0.2) is 0 Å². The zero-order chi connectivity index (χ0) is 13.5. The Kier molecular flexibility index (Phi) is 6.75. The van der Waals surface area contributed by atoms with Crippen LogP contribution in [0.4, 0.5) is 0 Å². The van der Waals surface area contributed by atoms with Gasteiger partial charge in [0.1, 0.15) is 0 Å². The molecule has 0 aliphatic rings. The molecule has 18 heavy (non-hydrogen) atoms. The van der Waals surface area contributed by atoms with Crippen molar-refractivity contribution in [2.75, 3.05) is 5.75 Å². The molecule has 104 valence electrons. The molecule has 0 saturated carbocycles. The molecule has 0 fully saturated rings. The minimum Gasteiger partial charge on any atom is -0.271 e. The van der Waals surface area contributed by atoms with Crippen molar-refractivity contribution in [1.82, 2.24) is 15.2 Å². The van der Waals surface area contributed by atoms with Crippen LogP contribution < -0.4 is 11.3 Å². The summed E-state index contributed by atoms with van der Waals surface area (Å²) in [6.45, 7) is 8.74. The minimum atomic E-state index is 0.291. The van der Waals surface area contributed by atoms with E-state index in [0.717, 1.165) is 17.9 Å². The van der Waals surface area contributed by atoms with Gasteiger partial charge in [-0.05, 0) is 26.3 Å². The molecule has 1 rings (SSSR count). The number of hydrazine groups is 1. The summed E-state index contributed by atoms with van der Waals surface area (Å²) in [5.74, 6) is 6.64. The van der Waals surface area contributed by atoms with E-state index >= 15 is 0 Å². The van der Waals surface area contributed by atoms with Crippen LogP contribution >= 0.6 is 11.8 Å². The lowest BCUT2D eigenvalue weighted by Crippen LogP contribution is -2.39. The molecule has 0 aromatic carbocycles. The van der Waals surface area contributed by atoms with Crippen molar-refractivity contribution in [3.8, 4) is 0 Å². The second kappa shape index (κ2) is 7.81. The first-order valence-electron chi connectivity index (χ1n) is 6.68. The van der Waals surface area contributed by atoms with E-state index in [1.165, 1.54) is 6.42 Å². The van der Waals surface area contributed by atoms with Gasteiger partial charge in [-0.3, -0.25) is 16.0 Å². The Morgan fingerprint density at radius 3 is 2.67 bits per heavy atom. The largest absolute Gasteiger partial charge is 0.271 e. The first-order chi connectivity index (χ1) is 8.56. The molecule has 4 nitrogen and oxygen atoms in total. The number of nitrogens with two attached hydrogens (primary N) is 1. The number of hydrogen-bond donors (Lipinski definition) is 2. The third kappa shape index (κ3) is 5.00. The van der Waals surface area contributed by atoms with Crippen molar-refractivity contribution in [3.05, 3.63) is 18.0 Å². The highest BCUT2D eigenvalue weighted by molar-refractivity contribution is 7.99. The van der Waals surface area contributed by atoms with E-state index in [2.05, 4.69) is 44.3 Å². The van der Waals surface area contributed by atoms with Crippen LogP contribution in [0.5, 0.6) is 0 Å². The Morgan fingerprint density at radius 1 is 1.44 bits per heavy atom. The normalized spacial score (nSPS) is 15.0. The Morgan fingerprint density at radius 2 is 2.17 bits per heavy atom. The molecule has 1 heterocycles. The summed E-state index contributed by atoms with van der Waals surface area (Å²) in [4.78, 5) is 0. The van der Waals surface area contributed by atoms with Gasteiger partial charge in [0.15, 0.2) is 0 Å². The van der Waals surface area contributed by atoms with E-state index in [9.17, 15) is 0 Å². The summed E-state index contributed by atoms with van der Waals surface area (Å²) in [6, 6.07) is 2.79. The number of hydrogen-bond acceptors (Lipinski definition) is 4. The highest BCUT2D eigenvalue weighted by Crippen LogP contribution is 2.16. The molecule has 0 aliphatic heterocycles. The van der Waals surface area contributed by atoms with Crippen LogP contribution in [0.3, 0.4) is 0 Å². The van der Waals surface area contributed by atoms with Crippen molar-refractivity contribution in [1.29, 1.82) is 0 Å². The number of aromatic nitrogens is 2. The quantitative estimate of drug-likeness (QED) is 0.562. The molecule has 1 aromatic rings. The number of thioether (sulfide) groups is 1. The van der Waals surface area contributed by atoms with Crippen LogP contribution in [0.1, 0.15) is 45.9 Å². The maximum atomic E-state index is 5.62. The first kappa shape index (κ1) is 15.5. The fourth-order valence-corrected chi connectivity index (χ4v) is 2.60. The Hall–Kier alpha value is -0.520. The van der Waals surface area contributed by atoms with E-state index in [0.29, 0.717) is 17.3 Å². The van der Waals surface area contributed by atoms with Gasteiger partial charge in [0.05, 0.1) is 5.69 Å². The topological polar surface area (TPSA) is 55.9 Å². The zero-order valence-electron chi connectivity index (χ0n) is 11.9. The molecule has 3 N–H and O–H groups in total. The van der Waals surface area contributed by atoms with Crippen LogP contribution in [-0.2, 0) is 6.42 Å².